The summed E-state index contributed by atoms with van der Waals surface area (Å²) in [6, 6.07) is 8.51. The lowest BCUT2D eigenvalue weighted by molar-refractivity contribution is 0.151. The van der Waals surface area contributed by atoms with Gasteiger partial charge in [-0.2, -0.15) is 5.26 Å². The molecule has 2 aromatic rings. The number of pyridine rings is 2. The van der Waals surface area contributed by atoms with Crippen molar-refractivity contribution < 1.29 is 13.2 Å². The van der Waals surface area contributed by atoms with Gasteiger partial charge < -0.3 is 10.2 Å². The number of nitrogens with one attached hydrogen (secondary N) is 1. The lowest BCUT2D eigenvalue weighted by Gasteiger charge is -2.39. The van der Waals surface area contributed by atoms with Crippen molar-refractivity contribution >= 4 is 17.5 Å². The van der Waals surface area contributed by atoms with E-state index in [1.54, 1.807) is 11.0 Å². The van der Waals surface area contributed by atoms with Crippen LogP contribution in [0.5, 0.6) is 0 Å². The largest absolute Gasteiger partial charge is 0.351 e. The standard InChI is InChI=1S/C19H18F3N5/c20-14-9-27(10-14)17-8-13(19(11-23)3-1-4-19)7-16(26-17)25-15-6-12(18(21)22)2-5-24-15/h2,5-8,14,18H,1,3-4,9-10H2,(H,24,25,26). The third-order valence-corrected chi connectivity index (χ3v) is 5.24. The van der Waals surface area contributed by atoms with Gasteiger partial charge in [-0.3, -0.25) is 0 Å². The minimum Gasteiger partial charge on any atom is -0.351 e. The summed E-state index contributed by atoms with van der Waals surface area (Å²) in [4.78, 5) is 10.3. The van der Waals surface area contributed by atoms with Crippen LogP contribution in [0.25, 0.3) is 0 Å². The highest BCUT2D eigenvalue weighted by molar-refractivity contribution is 5.60. The average Bonchev–Trinajstić information content (AvgIpc) is 2.58. The van der Waals surface area contributed by atoms with Crippen molar-refractivity contribution in [2.75, 3.05) is 23.3 Å². The molecule has 0 radical (unpaired) electrons. The first-order chi connectivity index (χ1) is 13.0. The number of nitriles is 1. The fraction of sp³-hybridized carbons (Fsp3) is 0.421. The smallest absolute Gasteiger partial charge is 0.264 e. The van der Waals surface area contributed by atoms with Crippen LogP contribution in [-0.2, 0) is 5.41 Å². The summed E-state index contributed by atoms with van der Waals surface area (Å²) in [5.74, 6) is 1.23. The third-order valence-electron chi connectivity index (χ3n) is 5.24. The lowest BCUT2D eigenvalue weighted by Crippen LogP contribution is -2.49. The Kier molecular flexibility index (Phi) is 4.38. The molecule has 2 fully saturated rings. The SMILES string of the molecule is N#CC1(c2cc(Nc3cc(C(F)F)ccn3)nc(N3CC(F)C3)c2)CCC1. The van der Waals surface area contributed by atoms with Gasteiger partial charge in [-0.1, -0.05) is 0 Å². The van der Waals surface area contributed by atoms with Gasteiger partial charge in [0.25, 0.3) is 6.43 Å². The molecule has 1 aliphatic heterocycles. The molecule has 0 amide bonds. The van der Waals surface area contributed by atoms with E-state index in [-0.39, 0.29) is 24.5 Å². The molecule has 27 heavy (non-hydrogen) atoms. The van der Waals surface area contributed by atoms with Gasteiger partial charge in [-0.15, -0.1) is 0 Å². The Labute approximate surface area is 154 Å². The van der Waals surface area contributed by atoms with Crippen molar-refractivity contribution in [1.29, 1.82) is 5.26 Å². The molecular weight excluding hydrogens is 355 g/mol. The second-order valence-corrected chi connectivity index (χ2v) is 7.05. The van der Waals surface area contributed by atoms with E-state index in [0.717, 1.165) is 24.8 Å². The molecule has 0 aromatic carbocycles. The Morgan fingerprint density at radius 1 is 1.22 bits per heavy atom. The van der Waals surface area contributed by atoms with Gasteiger partial charge in [0.1, 0.15) is 23.6 Å². The fourth-order valence-electron chi connectivity index (χ4n) is 3.41. The van der Waals surface area contributed by atoms with E-state index in [9.17, 15) is 18.4 Å². The van der Waals surface area contributed by atoms with E-state index in [4.69, 9.17) is 0 Å². The van der Waals surface area contributed by atoms with Crippen LogP contribution >= 0.6 is 0 Å². The Balaban J connectivity index is 1.68. The number of halogens is 3. The van der Waals surface area contributed by atoms with Crippen LogP contribution in [0, 0.1) is 11.3 Å². The molecule has 8 heteroatoms. The summed E-state index contributed by atoms with van der Waals surface area (Å²) in [7, 11) is 0. The fourth-order valence-corrected chi connectivity index (χ4v) is 3.41. The van der Waals surface area contributed by atoms with Crippen molar-refractivity contribution in [3.63, 3.8) is 0 Å². The molecule has 1 saturated heterocycles. The summed E-state index contributed by atoms with van der Waals surface area (Å²) < 4.78 is 39.1. The van der Waals surface area contributed by atoms with Crippen molar-refractivity contribution in [2.45, 2.75) is 37.3 Å². The van der Waals surface area contributed by atoms with Gasteiger partial charge in [-0.05, 0) is 49.1 Å². The quantitative estimate of drug-likeness (QED) is 0.848. The molecule has 3 heterocycles. The van der Waals surface area contributed by atoms with Gasteiger partial charge in [0, 0.05) is 11.8 Å². The summed E-state index contributed by atoms with van der Waals surface area (Å²) >= 11 is 0. The molecule has 4 rings (SSSR count). The molecule has 1 saturated carbocycles. The Hall–Kier alpha value is -2.82. The molecule has 0 bridgehead atoms. The van der Waals surface area contributed by atoms with Crippen LogP contribution in [0.2, 0.25) is 0 Å². The molecule has 1 aliphatic carbocycles. The number of aromatic nitrogens is 2. The average molecular weight is 373 g/mol. The number of nitrogens with zero attached hydrogens (tertiary/aromatic N) is 4. The van der Waals surface area contributed by atoms with Crippen LogP contribution in [0.1, 0.15) is 36.8 Å². The first-order valence-corrected chi connectivity index (χ1v) is 8.83. The first kappa shape index (κ1) is 17.6. The van der Waals surface area contributed by atoms with Crippen molar-refractivity contribution in [1.82, 2.24) is 9.97 Å². The summed E-state index contributed by atoms with van der Waals surface area (Å²) in [6.45, 7) is 0.517. The monoisotopic (exact) mass is 373 g/mol. The minimum atomic E-state index is -2.59. The Bertz CT molecular complexity index is 885. The maximum Gasteiger partial charge on any atom is 0.264 e. The van der Waals surface area contributed by atoms with Crippen molar-refractivity contribution in [2.24, 2.45) is 0 Å². The molecule has 0 spiro atoms. The maximum atomic E-state index is 13.3. The molecule has 0 unspecified atom stereocenters. The van der Waals surface area contributed by atoms with E-state index >= 15 is 0 Å². The van der Waals surface area contributed by atoms with E-state index in [2.05, 4.69) is 21.4 Å². The van der Waals surface area contributed by atoms with E-state index in [1.165, 1.54) is 18.3 Å². The van der Waals surface area contributed by atoms with Crippen LogP contribution in [0.3, 0.4) is 0 Å². The number of alkyl halides is 3. The molecule has 0 atom stereocenters. The lowest BCUT2D eigenvalue weighted by atomic mass is 9.65. The van der Waals surface area contributed by atoms with Crippen LogP contribution < -0.4 is 10.2 Å². The third kappa shape index (κ3) is 3.29. The van der Waals surface area contributed by atoms with Gasteiger partial charge in [0.15, 0.2) is 0 Å². The molecule has 5 nitrogen and oxygen atoms in total. The predicted molar refractivity (Wildman–Crippen MR) is 95.0 cm³/mol. The Morgan fingerprint density at radius 3 is 2.59 bits per heavy atom. The van der Waals surface area contributed by atoms with Crippen LogP contribution in [0.4, 0.5) is 30.6 Å². The van der Waals surface area contributed by atoms with E-state index in [0.29, 0.717) is 11.6 Å². The van der Waals surface area contributed by atoms with E-state index in [1.807, 2.05) is 6.07 Å². The molecular formula is C19H18F3N5. The normalized spacial score (nSPS) is 18.6. The highest BCUT2D eigenvalue weighted by Gasteiger charge is 2.40. The Morgan fingerprint density at radius 2 is 2.00 bits per heavy atom. The van der Waals surface area contributed by atoms with Gasteiger partial charge in [-0.25, -0.2) is 23.1 Å². The summed E-state index contributed by atoms with van der Waals surface area (Å²) in [5, 5.41) is 12.6. The number of rotatable bonds is 5. The maximum absolute atomic E-state index is 13.3. The summed E-state index contributed by atoms with van der Waals surface area (Å²) in [5.41, 5.74) is 0.113. The van der Waals surface area contributed by atoms with Crippen LogP contribution in [-0.4, -0.2) is 29.2 Å². The highest BCUT2D eigenvalue weighted by atomic mass is 19.3. The molecule has 2 aliphatic rings. The van der Waals surface area contributed by atoms with Crippen LogP contribution in [0.15, 0.2) is 30.5 Å². The van der Waals surface area contributed by atoms with E-state index < -0.39 is 18.0 Å². The van der Waals surface area contributed by atoms with Gasteiger partial charge in [0.05, 0.1) is 24.6 Å². The highest BCUT2D eigenvalue weighted by Crippen LogP contribution is 2.44. The topological polar surface area (TPSA) is 64.8 Å². The molecule has 1 N–H and O–H groups in total. The van der Waals surface area contributed by atoms with Gasteiger partial charge in [0.2, 0.25) is 0 Å². The number of anilines is 3. The zero-order chi connectivity index (χ0) is 19.0. The van der Waals surface area contributed by atoms with Crippen molar-refractivity contribution in [3.05, 3.63) is 41.6 Å². The first-order valence-electron chi connectivity index (χ1n) is 8.83. The second-order valence-electron chi connectivity index (χ2n) is 7.05. The van der Waals surface area contributed by atoms with Crippen molar-refractivity contribution in [3.8, 4) is 6.07 Å². The zero-order valence-electron chi connectivity index (χ0n) is 14.5. The number of hydrogen-bond donors (Lipinski definition) is 1. The van der Waals surface area contributed by atoms with Gasteiger partial charge >= 0.3 is 0 Å². The predicted octanol–water partition coefficient (Wildman–Crippen LogP) is 4.26. The molecule has 2 aromatic heterocycles. The summed E-state index contributed by atoms with van der Waals surface area (Å²) in [6.07, 6.45) is 0.324. The molecule has 140 valence electrons. The number of hydrogen-bond acceptors (Lipinski definition) is 5. The zero-order valence-corrected chi connectivity index (χ0v) is 14.5. The minimum absolute atomic E-state index is 0.139. The second kappa shape index (κ2) is 6.72.